The summed E-state index contributed by atoms with van der Waals surface area (Å²) in [4.78, 5) is 27.6. The molecule has 5 atom stereocenters. The third-order valence-electron chi connectivity index (χ3n) is 9.19. The molecule has 1 aliphatic rings. The molecular formula is C40H49N4O9P. The Morgan fingerprint density at radius 2 is 1.43 bits per heavy atom. The summed E-state index contributed by atoms with van der Waals surface area (Å²) in [6, 6.07) is 28.7. The van der Waals surface area contributed by atoms with Crippen molar-refractivity contribution in [1.82, 2.24) is 14.2 Å². The molecule has 1 N–H and O–H groups in total. The maximum atomic E-state index is 13.2. The average molecular weight is 761 g/mol. The highest BCUT2D eigenvalue weighted by Crippen LogP contribution is 2.51. The van der Waals surface area contributed by atoms with Crippen LogP contribution < -0.4 is 20.7 Å². The second-order valence-electron chi connectivity index (χ2n) is 13.2. The highest BCUT2D eigenvalue weighted by Gasteiger charge is 2.51. The molecule has 0 aliphatic carbocycles. The first kappa shape index (κ1) is 40.8. The lowest BCUT2D eigenvalue weighted by Crippen LogP contribution is -2.43. The zero-order valence-electron chi connectivity index (χ0n) is 31.7. The van der Waals surface area contributed by atoms with Gasteiger partial charge in [0.2, 0.25) is 0 Å². The minimum absolute atomic E-state index is 0.0182. The smallest absolute Gasteiger partial charge is 0.330 e. The Labute approximate surface area is 317 Å². The van der Waals surface area contributed by atoms with Crippen LogP contribution in [0, 0.1) is 11.3 Å². The standard InChI is InChI=1S/C40H49N4O9P/c1-27(2)44(28(3)4)54(51-25-11-23-41)53-36-34(52-38(37(36)49-7)43-24-22-35(45)42-39(43)46)26-50-40(29-12-9-8-10-13-29,30-14-18-32(47-5)19-15-30)31-16-20-33(48-6)21-17-31/h8-10,12-22,24,27-28,34,36-38H,11,25-26H2,1-7H3,(H,42,45,46)/t34-,36-,37+,38-,54?/m1/s1. The van der Waals surface area contributed by atoms with Gasteiger partial charge in [-0.15, -0.1) is 0 Å². The monoisotopic (exact) mass is 760 g/mol. The van der Waals surface area contributed by atoms with Crippen LogP contribution in [0.2, 0.25) is 0 Å². The van der Waals surface area contributed by atoms with E-state index < -0.39 is 49.9 Å². The highest BCUT2D eigenvalue weighted by atomic mass is 31.2. The van der Waals surface area contributed by atoms with Crippen LogP contribution in [-0.2, 0) is 28.9 Å². The van der Waals surface area contributed by atoms with Gasteiger partial charge in [-0.2, -0.15) is 5.26 Å². The number of hydrogen-bond donors (Lipinski definition) is 1. The van der Waals surface area contributed by atoms with Crippen molar-refractivity contribution in [2.45, 2.75) is 76.3 Å². The van der Waals surface area contributed by atoms with E-state index in [0.717, 1.165) is 16.7 Å². The molecule has 1 saturated heterocycles. The van der Waals surface area contributed by atoms with Crippen LogP contribution in [0.1, 0.15) is 57.0 Å². The van der Waals surface area contributed by atoms with E-state index in [9.17, 15) is 14.9 Å². The fourth-order valence-electron chi connectivity index (χ4n) is 6.75. The van der Waals surface area contributed by atoms with E-state index >= 15 is 0 Å². The lowest BCUT2D eigenvalue weighted by Gasteiger charge is -2.39. The lowest BCUT2D eigenvalue weighted by molar-refractivity contribution is -0.0957. The Kier molecular flexibility index (Phi) is 14.2. The predicted octanol–water partition coefficient (Wildman–Crippen LogP) is 6.14. The Morgan fingerprint density at radius 3 is 1.93 bits per heavy atom. The lowest BCUT2D eigenvalue weighted by atomic mass is 9.80. The molecule has 2 heterocycles. The van der Waals surface area contributed by atoms with E-state index in [4.69, 9.17) is 32.7 Å². The number of rotatable bonds is 18. The molecule has 0 spiro atoms. The average Bonchev–Trinajstić information content (AvgIpc) is 3.51. The molecule has 4 aromatic rings. The molecule has 0 bridgehead atoms. The number of nitrogens with zero attached hydrogens (tertiary/aromatic N) is 3. The van der Waals surface area contributed by atoms with Gasteiger partial charge in [0.05, 0.1) is 39.9 Å². The van der Waals surface area contributed by atoms with Crippen molar-refractivity contribution >= 4 is 8.53 Å². The number of H-pyrrole nitrogens is 1. The Morgan fingerprint density at radius 1 is 0.852 bits per heavy atom. The van der Waals surface area contributed by atoms with Gasteiger partial charge >= 0.3 is 5.69 Å². The highest BCUT2D eigenvalue weighted by molar-refractivity contribution is 7.44. The molecule has 5 rings (SSSR count). The van der Waals surface area contributed by atoms with Crippen molar-refractivity contribution in [3.05, 3.63) is 129 Å². The number of nitrogens with one attached hydrogen (secondary N) is 1. The van der Waals surface area contributed by atoms with Crippen LogP contribution >= 0.6 is 8.53 Å². The van der Waals surface area contributed by atoms with E-state index in [-0.39, 0.29) is 31.7 Å². The molecule has 13 nitrogen and oxygen atoms in total. The Hall–Kier alpha value is -4.38. The van der Waals surface area contributed by atoms with E-state index in [1.807, 2.05) is 107 Å². The molecule has 14 heteroatoms. The second-order valence-corrected chi connectivity index (χ2v) is 14.6. The van der Waals surface area contributed by atoms with Gasteiger partial charge in [-0.05, 0) is 68.7 Å². The van der Waals surface area contributed by atoms with Crippen LogP contribution in [0.4, 0.5) is 0 Å². The molecule has 0 saturated carbocycles. The van der Waals surface area contributed by atoms with Crippen molar-refractivity contribution in [2.24, 2.45) is 0 Å². The molecule has 54 heavy (non-hydrogen) atoms. The van der Waals surface area contributed by atoms with E-state index in [0.29, 0.717) is 11.5 Å². The SMILES string of the molecule is COc1ccc(C(OC[C@H]2O[C@@H](n3ccc(=O)[nH]c3=O)[C@@H](OC)[C@@H]2OP(OCCC#N)N(C(C)C)C(C)C)(c2ccccc2)c2ccc(OC)cc2)cc1. The first-order valence-corrected chi connectivity index (χ1v) is 18.9. The number of nitriles is 1. The zero-order valence-corrected chi connectivity index (χ0v) is 32.6. The summed E-state index contributed by atoms with van der Waals surface area (Å²) < 4.78 is 47.6. The number of aromatic amines is 1. The largest absolute Gasteiger partial charge is 0.497 e. The number of hydrogen-bond acceptors (Lipinski definition) is 11. The van der Waals surface area contributed by atoms with Gasteiger partial charge in [0.1, 0.15) is 35.4 Å². The van der Waals surface area contributed by atoms with Crippen LogP contribution in [0.3, 0.4) is 0 Å². The van der Waals surface area contributed by atoms with Gasteiger partial charge in [0.25, 0.3) is 14.1 Å². The topological polar surface area (TPSA) is 147 Å². The summed E-state index contributed by atoms with van der Waals surface area (Å²) in [5.41, 5.74) is 0.101. The minimum Gasteiger partial charge on any atom is -0.497 e. The summed E-state index contributed by atoms with van der Waals surface area (Å²) in [7, 11) is 2.98. The summed E-state index contributed by atoms with van der Waals surface area (Å²) in [5, 5.41) is 9.33. The Bertz CT molecular complexity index is 1870. The summed E-state index contributed by atoms with van der Waals surface area (Å²) >= 11 is 0. The van der Waals surface area contributed by atoms with Gasteiger partial charge < -0.3 is 32.7 Å². The summed E-state index contributed by atoms with van der Waals surface area (Å²) in [6.45, 7) is 8.30. The van der Waals surface area contributed by atoms with Crippen LogP contribution in [-0.4, -0.2) is 79.2 Å². The van der Waals surface area contributed by atoms with Crippen LogP contribution in [0.15, 0.2) is 101 Å². The molecule has 1 aliphatic heterocycles. The van der Waals surface area contributed by atoms with Gasteiger partial charge in [0, 0.05) is 31.5 Å². The van der Waals surface area contributed by atoms with Crippen molar-refractivity contribution in [3.8, 4) is 17.6 Å². The second kappa shape index (κ2) is 18.8. The fraction of sp³-hybridized carbons (Fsp3) is 0.425. The van der Waals surface area contributed by atoms with Gasteiger partial charge in [-0.1, -0.05) is 54.6 Å². The third-order valence-corrected chi connectivity index (χ3v) is 11.3. The number of aromatic nitrogens is 2. The van der Waals surface area contributed by atoms with Crippen LogP contribution in [0.25, 0.3) is 0 Å². The maximum Gasteiger partial charge on any atom is 0.330 e. The van der Waals surface area contributed by atoms with Crippen molar-refractivity contribution in [3.63, 3.8) is 0 Å². The maximum absolute atomic E-state index is 13.2. The van der Waals surface area contributed by atoms with Crippen molar-refractivity contribution in [1.29, 1.82) is 5.26 Å². The van der Waals surface area contributed by atoms with Crippen LogP contribution in [0.5, 0.6) is 11.5 Å². The molecule has 1 aromatic heterocycles. The number of ether oxygens (including phenoxy) is 5. The molecular weight excluding hydrogens is 711 g/mol. The third kappa shape index (κ3) is 8.94. The first-order chi connectivity index (χ1) is 26.1. The Balaban J connectivity index is 1.64. The molecule has 0 amide bonds. The number of benzene rings is 3. The predicted molar refractivity (Wildman–Crippen MR) is 204 cm³/mol. The molecule has 1 fully saturated rings. The minimum atomic E-state index is -1.77. The quantitative estimate of drug-likeness (QED) is 0.0710. The first-order valence-electron chi connectivity index (χ1n) is 17.8. The normalized spacial score (nSPS) is 19.3. The molecule has 0 radical (unpaired) electrons. The molecule has 288 valence electrons. The van der Waals surface area contributed by atoms with Crippen molar-refractivity contribution in [2.75, 3.05) is 34.5 Å². The summed E-state index contributed by atoms with van der Waals surface area (Å²) in [5.74, 6) is 1.37. The fourth-order valence-corrected chi connectivity index (χ4v) is 8.52. The van der Waals surface area contributed by atoms with Crippen molar-refractivity contribution < 1.29 is 32.7 Å². The zero-order chi connectivity index (χ0) is 38.8. The van der Waals surface area contributed by atoms with Gasteiger partial charge in [0.15, 0.2) is 6.23 Å². The van der Waals surface area contributed by atoms with Gasteiger partial charge in [-0.3, -0.25) is 14.3 Å². The molecule has 3 aromatic carbocycles. The van der Waals surface area contributed by atoms with Gasteiger partial charge in [-0.25, -0.2) is 9.46 Å². The van der Waals surface area contributed by atoms with E-state index in [2.05, 4.69) is 15.7 Å². The van der Waals surface area contributed by atoms with E-state index in [1.165, 1.54) is 23.9 Å². The number of methoxy groups -OCH3 is 3. The molecule has 1 unspecified atom stereocenters. The van der Waals surface area contributed by atoms with E-state index in [1.54, 1.807) is 14.2 Å². The summed E-state index contributed by atoms with van der Waals surface area (Å²) in [6.07, 6.45) is -1.97.